The number of hydrogen-bond acceptors (Lipinski definition) is 7. The van der Waals surface area contributed by atoms with Gasteiger partial charge in [-0.05, 0) is 125 Å². The van der Waals surface area contributed by atoms with Crippen LogP contribution in [0.3, 0.4) is 0 Å². The third kappa shape index (κ3) is 9.87. The molecule has 1 aromatic rings. The molecule has 0 radical (unpaired) electrons. The maximum Gasteiger partial charge on any atom is 0.350 e. The van der Waals surface area contributed by atoms with Crippen LogP contribution in [-0.2, 0) is 27.9 Å². The van der Waals surface area contributed by atoms with Crippen molar-refractivity contribution in [2.75, 3.05) is 0 Å². The summed E-state index contributed by atoms with van der Waals surface area (Å²) in [6.45, 7) is 31.9. The van der Waals surface area contributed by atoms with Gasteiger partial charge in [-0.3, -0.25) is 0 Å². The lowest BCUT2D eigenvalue weighted by Crippen LogP contribution is -2.58. The van der Waals surface area contributed by atoms with Crippen molar-refractivity contribution in [3.05, 3.63) is 53.1 Å². The predicted octanol–water partition coefficient (Wildman–Crippen LogP) is 9.05. The van der Waals surface area contributed by atoms with Crippen LogP contribution in [0.2, 0.25) is 26.2 Å². The van der Waals surface area contributed by atoms with E-state index in [1.165, 1.54) is 5.57 Å². The Labute approximate surface area is 312 Å². The number of carbonyl (C=O) groups excluding carboxylic acids is 2. The van der Waals surface area contributed by atoms with E-state index in [-0.39, 0.29) is 52.5 Å². The van der Waals surface area contributed by atoms with Crippen molar-refractivity contribution in [2.24, 2.45) is 34.5 Å². The Balaban J connectivity index is 1.70. The van der Waals surface area contributed by atoms with Gasteiger partial charge < -0.3 is 23.1 Å². The standard InChI is InChI=1S/C42H68O7Si2/c1-26-20-27(2)22-32(21-26)47-41(10,11)38(44)46-34-24-30(39(4,5)6)23-29-17-16-28(3)42(35(29)34,49-51(14)15)19-18-31-25-33(40(7,8)9)36(37(43)45-31)48-50(12)13/h16-17,20-23,28,30-31,33-36,50-51H,18-19,24-25H2,1-15H3/t28-,30+,31+,33-,34-,35+,36?,42-/m0/s1. The first-order valence-electron chi connectivity index (χ1n) is 19.3. The van der Waals surface area contributed by atoms with Crippen LogP contribution in [0.1, 0.15) is 99.1 Å². The van der Waals surface area contributed by atoms with Crippen molar-refractivity contribution in [2.45, 2.75) is 158 Å². The van der Waals surface area contributed by atoms with E-state index >= 15 is 0 Å². The van der Waals surface area contributed by atoms with E-state index in [1.54, 1.807) is 13.8 Å². The molecule has 286 valence electrons. The van der Waals surface area contributed by atoms with Gasteiger partial charge in [0.1, 0.15) is 24.1 Å². The van der Waals surface area contributed by atoms with E-state index in [1.807, 2.05) is 26.0 Å². The highest BCUT2D eigenvalue weighted by Gasteiger charge is 2.55. The fourth-order valence-electron chi connectivity index (χ4n) is 8.52. The van der Waals surface area contributed by atoms with Crippen LogP contribution in [0.4, 0.5) is 0 Å². The molecule has 1 unspecified atom stereocenters. The second kappa shape index (κ2) is 15.6. The lowest BCUT2D eigenvalue weighted by molar-refractivity contribution is -0.181. The largest absolute Gasteiger partial charge is 0.476 e. The van der Waals surface area contributed by atoms with Crippen molar-refractivity contribution < 1.29 is 32.7 Å². The second-order valence-electron chi connectivity index (χ2n) is 18.9. The van der Waals surface area contributed by atoms with Gasteiger partial charge in [-0.15, -0.1) is 0 Å². The molecule has 3 aliphatic rings. The number of aryl methyl sites for hydroxylation is 2. The summed E-state index contributed by atoms with van der Waals surface area (Å²) in [6.07, 6.45) is 8.53. The Hall–Kier alpha value is -2.21. The summed E-state index contributed by atoms with van der Waals surface area (Å²) in [5.74, 6) is 0.182. The third-order valence-electron chi connectivity index (χ3n) is 11.2. The van der Waals surface area contributed by atoms with Crippen LogP contribution in [0.5, 0.6) is 5.75 Å². The Morgan fingerprint density at radius 1 is 0.922 bits per heavy atom. The number of cyclic esters (lactones) is 1. The van der Waals surface area contributed by atoms with Crippen LogP contribution in [0.15, 0.2) is 42.0 Å². The Morgan fingerprint density at radius 2 is 1.55 bits per heavy atom. The molecule has 1 fully saturated rings. The van der Waals surface area contributed by atoms with Gasteiger partial charge in [-0.2, -0.15) is 0 Å². The van der Waals surface area contributed by atoms with Crippen LogP contribution < -0.4 is 4.74 Å². The fraction of sp³-hybridized carbons (Fsp3) is 0.714. The zero-order valence-corrected chi connectivity index (χ0v) is 36.7. The van der Waals surface area contributed by atoms with Gasteiger partial charge >= 0.3 is 11.9 Å². The number of hydrogen-bond donors (Lipinski definition) is 0. The molecule has 8 atom stereocenters. The van der Waals surface area contributed by atoms with E-state index in [0.29, 0.717) is 25.0 Å². The molecule has 4 rings (SSSR count). The first-order valence-corrected chi connectivity index (χ1v) is 24.9. The summed E-state index contributed by atoms with van der Waals surface area (Å²) in [4.78, 5) is 27.8. The number of ether oxygens (including phenoxy) is 3. The Morgan fingerprint density at radius 3 is 2.10 bits per heavy atom. The summed E-state index contributed by atoms with van der Waals surface area (Å²) >= 11 is 0. The summed E-state index contributed by atoms with van der Waals surface area (Å²) in [7, 11) is -3.08. The monoisotopic (exact) mass is 740 g/mol. The highest BCUT2D eigenvalue weighted by molar-refractivity contribution is 6.49. The molecule has 1 aromatic carbocycles. The summed E-state index contributed by atoms with van der Waals surface area (Å²) in [5.41, 5.74) is 1.34. The highest BCUT2D eigenvalue weighted by Crippen LogP contribution is 2.53. The Bertz CT molecular complexity index is 1450. The number of allylic oxidation sites excluding steroid dienone is 2. The molecule has 0 N–H and O–H groups in total. The van der Waals surface area contributed by atoms with Crippen LogP contribution in [0, 0.1) is 48.3 Å². The molecule has 7 nitrogen and oxygen atoms in total. The molecule has 9 heteroatoms. The molecule has 1 heterocycles. The molecule has 1 aliphatic heterocycles. The molecular formula is C42H68O7Si2. The third-order valence-corrected chi connectivity index (χ3v) is 12.9. The van der Waals surface area contributed by atoms with Crippen LogP contribution in [0.25, 0.3) is 0 Å². The minimum Gasteiger partial charge on any atom is -0.476 e. The minimum absolute atomic E-state index is 0.0311. The van der Waals surface area contributed by atoms with Gasteiger partial charge in [-0.1, -0.05) is 72.8 Å². The second-order valence-corrected chi connectivity index (χ2v) is 23.6. The van der Waals surface area contributed by atoms with Crippen LogP contribution in [-0.4, -0.2) is 59.5 Å². The lowest BCUT2D eigenvalue weighted by atomic mass is 9.59. The molecule has 0 aromatic heterocycles. The molecule has 0 amide bonds. The number of fused-ring (bicyclic) bond motifs is 1. The van der Waals surface area contributed by atoms with Gasteiger partial charge in [-0.25, -0.2) is 9.59 Å². The van der Waals surface area contributed by atoms with Gasteiger partial charge in [0.15, 0.2) is 23.7 Å². The SMILES string of the molecule is Cc1cc(C)cc(OC(C)(C)C(=O)O[C@H]2C[C@H](C(C)(C)C)C=C3C=C[C@H](C)[C@](CC[C@@H]4C[C@H](C(C)(C)C)C(O[SiH](C)C)C(=O)O4)(O[SiH](C)C)[C@H]32)c1. The highest BCUT2D eigenvalue weighted by atomic mass is 28.3. The van der Waals surface area contributed by atoms with Crippen molar-refractivity contribution in [1.29, 1.82) is 0 Å². The lowest BCUT2D eigenvalue weighted by Gasteiger charge is -2.54. The quantitative estimate of drug-likeness (QED) is 0.166. The first kappa shape index (κ1) is 41.5. The number of benzene rings is 1. The van der Waals surface area contributed by atoms with E-state index < -0.39 is 41.5 Å². The van der Waals surface area contributed by atoms with Gasteiger partial charge in [0, 0.05) is 17.8 Å². The van der Waals surface area contributed by atoms with Crippen molar-refractivity contribution in [3.63, 3.8) is 0 Å². The van der Waals surface area contributed by atoms with Gasteiger partial charge in [0.2, 0.25) is 0 Å². The number of rotatable bonds is 11. The topological polar surface area (TPSA) is 80.3 Å². The maximum atomic E-state index is 14.2. The van der Waals surface area contributed by atoms with E-state index in [4.69, 9.17) is 23.1 Å². The van der Waals surface area contributed by atoms with Gasteiger partial charge in [0.05, 0.1) is 5.60 Å². The average molecular weight is 741 g/mol. The Kier molecular flexibility index (Phi) is 12.7. The minimum atomic E-state index is -1.62. The molecule has 2 aliphatic carbocycles. The first-order chi connectivity index (χ1) is 23.4. The molecule has 0 spiro atoms. The molecule has 0 bridgehead atoms. The smallest absolute Gasteiger partial charge is 0.350 e. The van der Waals surface area contributed by atoms with Gasteiger partial charge in [0.25, 0.3) is 0 Å². The number of carbonyl (C=O) groups is 2. The maximum absolute atomic E-state index is 14.2. The number of esters is 2. The van der Waals surface area contributed by atoms with Crippen molar-refractivity contribution in [1.82, 2.24) is 0 Å². The van der Waals surface area contributed by atoms with Crippen molar-refractivity contribution >= 4 is 30.0 Å². The molecular weight excluding hydrogens is 673 g/mol. The molecule has 51 heavy (non-hydrogen) atoms. The summed E-state index contributed by atoms with van der Waals surface area (Å²) in [5, 5.41) is 0. The normalized spacial score (nSPS) is 30.2. The zero-order chi connectivity index (χ0) is 38.3. The van der Waals surface area contributed by atoms with E-state index in [0.717, 1.165) is 17.5 Å². The average Bonchev–Trinajstić information content (AvgIpc) is 2.96. The summed E-state index contributed by atoms with van der Waals surface area (Å²) < 4.78 is 32.8. The molecule has 0 saturated carbocycles. The predicted molar refractivity (Wildman–Crippen MR) is 211 cm³/mol. The van der Waals surface area contributed by atoms with Crippen molar-refractivity contribution in [3.8, 4) is 5.75 Å². The zero-order valence-electron chi connectivity index (χ0n) is 34.3. The summed E-state index contributed by atoms with van der Waals surface area (Å²) in [6, 6.07) is 6.01. The van der Waals surface area contributed by atoms with Crippen LogP contribution >= 0.6 is 0 Å². The molecule has 1 saturated heterocycles. The van der Waals surface area contributed by atoms with E-state index in [9.17, 15) is 9.59 Å². The fourth-order valence-corrected chi connectivity index (χ4v) is 10.8. The van der Waals surface area contributed by atoms with E-state index in [2.05, 4.69) is 98.9 Å².